The molecule has 7 heteroatoms. The molecule has 0 aromatic heterocycles. The van der Waals surface area contributed by atoms with E-state index in [1.807, 2.05) is 24.3 Å². The summed E-state index contributed by atoms with van der Waals surface area (Å²) in [7, 11) is 1.38. The molecule has 2 aliphatic rings. The van der Waals surface area contributed by atoms with Crippen molar-refractivity contribution in [3.05, 3.63) is 76.0 Å². The lowest BCUT2D eigenvalue weighted by molar-refractivity contribution is -0.136. The highest BCUT2D eigenvalue weighted by Crippen LogP contribution is 2.29. The molecule has 7 nitrogen and oxygen atoms in total. The van der Waals surface area contributed by atoms with Gasteiger partial charge in [0.1, 0.15) is 0 Å². The summed E-state index contributed by atoms with van der Waals surface area (Å²) in [6.45, 7) is 10.3. The molecule has 180 valence electrons. The summed E-state index contributed by atoms with van der Waals surface area (Å²) in [6.07, 6.45) is 0.928. The van der Waals surface area contributed by atoms with Gasteiger partial charge in [-0.1, -0.05) is 43.3 Å². The standard InChI is InChI=1S/C27H34N4O3/c1-5-20-8-10-21(11-9-20)25-24(26(32)34-4)22(28-27(33)29-25)17-30-12-14-31(15-13-30)23-16-18(2)6-7-19(23)3/h6-11,16,25H,5,12-15,17H2,1-4H3,(H2,28,29,33). The van der Waals surface area contributed by atoms with Crippen LogP contribution in [0.4, 0.5) is 10.5 Å². The van der Waals surface area contributed by atoms with E-state index in [1.165, 1.54) is 29.5 Å². The number of hydrogen-bond donors (Lipinski definition) is 2. The minimum absolute atomic E-state index is 0.304. The average molecular weight is 463 g/mol. The number of amides is 2. The van der Waals surface area contributed by atoms with Gasteiger partial charge in [0.2, 0.25) is 0 Å². The Kier molecular flexibility index (Phi) is 7.22. The number of urea groups is 1. The highest BCUT2D eigenvalue weighted by atomic mass is 16.5. The largest absolute Gasteiger partial charge is 0.466 e. The van der Waals surface area contributed by atoms with E-state index >= 15 is 0 Å². The molecule has 1 fully saturated rings. The molecule has 2 aliphatic heterocycles. The highest BCUT2D eigenvalue weighted by Gasteiger charge is 2.34. The smallest absolute Gasteiger partial charge is 0.338 e. The second-order valence-electron chi connectivity index (χ2n) is 9.06. The molecule has 0 radical (unpaired) electrons. The Morgan fingerprint density at radius 3 is 2.41 bits per heavy atom. The van der Waals surface area contributed by atoms with Gasteiger partial charge in [-0.2, -0.15) is 0 Å². The van der Waals surface area contributed by atoms with Gasteiger partial charge in [-0.15, -0.1) is 0 Å². The molecule has 1 saturated heterocycles. The molecule has 0 bridgehead atoms. The zero-order valence-corrected chi connectivity index (χ0v) is 20.5. The maximum Gasteiger partial charge on any atom is 0.338 e. The Labute approximate surface area is 201 Å². The summed E-state index contributed by atoms with van der Waals surface area (Å²) < 4.78 is 5.13. The summed E-state index contributed by atoms with van der Waals surface area (Å²) in [5.41, 5.74) is 6.95. The maximum atomic E-state index is 12.8. The van der Waals surface area contributed by atoms with E-state index in [2.05, 4.69) is 59.4 Å². The van der Waals surface area contributed by atoms with E-state index in [9.17, 15) is 9.59 Å². The van der Waals surface area contributed by atoms with Gasteiger partial charge in [0.15, 0.2) is 0 Å². The van der Waals surface area contributed by atoms with Crippen molar-refractivity contribution in [3.8, 4) is 0 Å². The van der Waals surface area contributed by atoms with Crippen LogP contribution in [0.5, 0.6) is 0 Å². The van der Waals surface area contributed by atoms with Crippen molar-refractivity contribution in [3.63, 3.8) is 0 Å². The van der Waals surface area contributed by atoms with Gasteiger partial charge in [-0.05, 0) is 48.6 Å². The molecule has 2 aromatic rings. The number of ether oxygens (including phenoxy) is 1. The highest BCUT2D eigenvalue weighted by molar-refractivity contribution is 5.95. The van der Waals surface area contributed by atoms with E-state index in [0.717, 1.165) is 38.2 Å². The van der Waals surface area contributed by atoms with Gasteiger partial charge in [0.05, 0.1) is 18.7 Å². The number of carbonyl (C=O) groups is 2. The fourth-order valence-electron chi connectivity index (χ4n) is 4.72. The SMILES string of the molecule is CCc1ccc(C2NC(=O)NC(CN3CCN(c4cc(C)ccc4C)CC3)=C2C(=O)OC)cc1. The van der Waals surface area contributed by atoms with Crippen molar-refractivity contribution >= 4 is 17.7 Å². The number of carbonyl (C=O) groups excluding carboxylic acids is 2. The fourth-order valence-corrected chi connectivity index (χ4v) is 4.72. The molecular weight excluding hydrogens is 428 g/mol. The van der Waals surface area contributed by atoms with Gasteiger partial charge in [-0.25, -0.2) is 9.59 Å². The molecule has 2 amide bonds. The predicted molar refractivity (Wildman–Crippen MR) is 134 cm³/mol. The van der Waals surface area contributed by atoms with Crippen LogP contribution >= 0.6 is 0 Å². The number of nitrogens with zero attached hydrogens (tertiary/aromatic N) is 2. The molecule has 0 aliphatic carbocycles. The molecule has 2 heterocycles. The predicted octanol–water partition coefficient (Wildman–Crippen LogP) is 3.47. The van der Waals surface area contributed by atoms with E-state index < -0.39 is 12.0 Å². The molecule has 0 saturated carbocycles. The first-order valence-corrected chi connectivity index (χ1v) is 11.9. The van der Waals surface area contributed by atoms with Gasteiger partial charge in [-0.3, -0.25) is 4.90 Å². The van der Waals surface area contributed by atoms with Crippen molar-refractivity contribution in [2.24, 2.45) is 0 Å². The first-order chi connectivity index (χ1) is 16.4. The zero-order chi connectivity index (χ0) is 24.2. The Morgan fingerprint density at radius 2 is 1.76 bits per heavy atom. The van der Waals surface area contributed by atoms with Crippen LogP contribution in [0.2, 0.25) is 0 Å². The van der Waals surface area contributed by atoms with Gasteiger partial charge in [0, 0.05) is 44.1 Å². The topological polar surface area (TPSA) is 73.9 Å². The second-order valence-corrected chi connectivity index (χ2v) is 9.06. The summed E-state index contributed by atoms with van der Waals surface area (Å²) in [4.78, 5) is 30.1. The summed E-state index contributed by atoms with van der Waals surface area (Å²) in [5.74, 6) is -0.430. The lowest BCUT2D eigenvalue weighted by Gasteiger charge is -2.38. The fraction of sp³-hybridized carbons (Fsp3) is 0.407. The summed E-state index contributed by atoms with van der Waals surface area (Å²) in [5, 5.41) is 5.79. The summed E-state index contributed by atoms with van der Waals surface area (Å²) in [6, 6.07) is 13.7. The van der Waals surface area contributed by atoms with Crippen molar-refractivity contribution in [2.75, 3.05) is 44.7 Å². The van der Waals surface area contributed by atoms with Crippen LogP contribution < -0.4 is 15.5 Å². The van der Waals surface area contributed by atoms with Crippen LogP contribution in [0, 0.1) is 13.8 Å². The lowest BCUT2D eigenvalue weighted by atomic mass is 9.94. The Morgan fingerprint density at radius 1 is 1.06 bits per heavy atom. The molecule has 34 heavy (non-hydrogen) atoms. The third-order valence-corrected chi connectivity index (χ3v) is 6.74. The quantitative estimate of drug-likeness (QED) is 0.643. The van der Waals surface area contributed by atoms with Crippen LogP contribution in [0.25, 0.3) is 0 Å². The number of anilines is 1. The van der Waals surface area contributed by atoms with Crippen LogP contribution in [0.15, 0.2) is 53.7 Å². The van der Waals surface area contributed by atoms with E-state index in [-0.39, 0.29) is 6.03 Å². The molecule has 2 aromatic carbocycles. The molecular formula is C27H34N4O3. The number of aryl methyl sites for hydroxylation is 3. The Bertz CT molecular complexity index is 1090. The molecule has 2 N–H and O–H groups in total. The van der Waals surface area contributed by atoms with E-state index in [1.54, 1.807) is 0 Å². The molecule has 0 spiro atoms. The number of methoxy groups -OCH3 is 1. The van der Waals surface area contributed by atoms with E-state index in [4.69, 9.17) is 4.74 Å². The number of nitrogens with one attached hydrogen (secondary N) is 2. The molecule has 4 rings (SSSR count). The number of esters is 1. The molecule has 1 atom stereocenters. The average Bonchev–Trinajstić information content (AvgIpc) is 2.85. The van der Waals surface area contributed by atoms with E-state index in [0.29, 0.717) is 17.8 Å². The number of piperazine rings is 1. The third kappa shape index (κ3) is 5.09. The zero-order valence-electron chi connectivity index (χ0n) is 20.5. The van der Waals surface area contributed by atoms with Crippen LogP contribution in [-0.4, -0.2) is 56.7 Å². The number of benzene rings is 2. The first kappa shape index (κ1) is 23.8. The number of hydrogen-bond acceptors (Lipinski definition) is 5. The monoisotopic (exact) mass is 462 g/mol. The number of rotatable bonds is 6. The van der Waals surface area contributed by atoms with Gasteiger partial charge < -0.3 is 20.3 Å². The third-order valence-electron chi connectivity index (χ3n) is 6.74. The van der Waals surface area contributed by atoms with Crippen LogP contribution in [0.3, 0.4) is 0 Å². The van der Waals surface area contributed by atoms with Crippen molar-refractivity contribution in [2.45, 2.75) is 33.2 Å². The van der Waals surface area contributed by atoms with Crippen LogP contribution in [0.1, 0.15) is 35.2 Å². The van der Waals surface area contributed by atoms with Gasteiger partial charge in [0.25, 0.3) is 0 Å². The van der Waals surface area contributed by atoms with Crippen LogP contribution in [-0.2, 0) is 16.0 Å². The minimum atomic E-state index is -0.543. The lowest BCUT2D eigenvalue weighted by Crippen LogP contribution is -2.51. The second kappa shape index (κ2) is 10.3. The maximum absolute atomic E-state index is 12.8. The molecule has 1 unspecified atom stereocenters. The first-order valence-electron chi connectivity index (χ1n) is 11.9. The van der Waals surface area contributed by atoms with Crippen molar-refractivity contribution < 1.29 is 14.3 Å². The summed E-state index contributed by atoms with van der Waals surface area (Å²) >= 11 is 0. The van der Waals surface area contributed by atoms with Gasteiger partial charge >= 0.3 is 12.0 Å². The minimum Gasteiger partial charge on any atom is -0.466 e. The Balaban J connectivity index is 1.54. The van der Waals surface area contributed by atoms with Crippen molar-refractivity contribution in [1.82, 2.24) is 15.5 Å². The normalized spacial score (nSPS) is 19.0. The van der Waals surface area contributed by atoms with Crippen molar-refractivity contribution in [1.29, 1.82) is 0 Å². The Hall–Kier alpha value is -3.32.